The van der Waals surface area contributed by atoms with Gasteiger partial charge in [0, 0.05) is 38.2 Å². The van der Waals surface area contributed by atoms with Crippen molar-refractivity contribution in [2.75, 3.05) is 0 Å². The van der Waals surface area contributed by atoms with Gasteiger partial charge >= 0.3 is 0 Å². The van der Waals surface area contributed by atoms with E-state index in [1.54, 1.807) is 0 Å². The van der Waals surface area contributed by atoms with E-state index in [4.69, 9.17) is 23.8 Å². The Morgan fingerprint density at radius 2 is 0.682 bits per heavy atom. The van der Waals surface area contributed by atoms with Crippen LogP contribution in [0.2, 0.25) is 0 Å². The van der Waals surface area contributed by atoms with Crippen molar-refractivity contribution < 1.29 is 8.83 Å². The summed E-state index contributed by atoms with van der Waals surface area (Å²) in [5.74, 6) is 1.86. The molecule has 0 radical (unpaired) electrons. The van der Waals surface area contributed by atoms with Crippen molar-refractivity contribution in [2.24, 2.45) is 0 Å². The minimum Gasteiger partial charge on any atom is -0.456 e. The lowest BCUT2D eigenvalue weighted by atomic mass is 10.0. The molecule has 5 heteroatoms. The van der Waals surface area contributed by atoms with Crippen molar-refractivity contribution in [3.63, 3.8) is 0 Å². The predicted octanol–water partition coefficient (Wildman–Crippen LogP) is 10.3. The lowest BCUT2D eigenvalue weighted by molar-refractivity contribution is 0.668. The Hall–Kier alpha value is -6.07. The molecule has 0 aliphatic carbocycles. The van der Waals surface area contributed by atoms with Crippen molar-refractivity contribution >= 4 is 43.9 Å². The maximum absolute atomic E-state index is 6.45. The van der Waals surface area contributed by atoms with Gasteiger partial charge < -0.3 is 8.83 Å². The second-order valence-corrected chi connectivity index (χ2v) is 10.9. The van der Waals surface area contributed by atoms with E-state index in [1.807, 2.05) is 84.9 Å². The summed E-state index contributed by atoms with van der Waals surface area (Å²) in [6.45, 7) is 0. The quantitative estimate of drug-likeness (QED) is 0.212. The molecule has 5 nitrogen and oxygen atoms in total. The Kier molecular flexibility index (Phi) is 5.43. The number of fused-ring (bicyclic) bond motifs is 6. The molecular formula is C39H23N3O2. The van der Waals surface area contributed by atoms with Crippen LogP contribution in [0.15, 0.2) is 148 Å². The highest BCUT2D eigenvalue weighted by molar-refractivity contribution is 6.08. The first kappa shape index (κ1) is 24.5. The summed E-state index contributed by atoms with van der Waals surface area (Å²) in [5.41, 5.74) is 8.26. The molecule has 0 bridgehead atoms. The Balaban J connectivity index is 1.14. The van der Waals surface area contributed by atoms with Crippen molar-refractivity contribution in [3.05, 3.63) is 140 Å². The Labute approximate surface area is 252 Å². The number of aromatic nitrogens is 3. The summed E-state index contributed by atoms with van der Waals surface area (Å²) in [5, 5.41) is 4.35. The largest absolute Gasteiger partial charge is 0.456 e. The number of hydrogen-bond acceptors (Lipinski definition) is 5. The van der Waals surface area contributed by atoms with Gasteiger partial charge in [-0.1, -0.05) is 97.1 Å². The van der Waals surface area contributed by atoms with Crippen molar-refractivity contribution in [3.8, 4) is 45.3 Å². The second kappa shape index (κ2) is 9.75. The zero-order valence-electron chi connectivity index (χ0n) is 23.4. The molecule has 9 rings (SSSR count). The first-order valence-corrected chi connectivity index (χ1v) is 14.5. The summed E-state index contributed by atoms with van der Waals surface area (Å²) in [4.78, 5) is 14.6. The predicted molar refractivity (Wildman–Crippen MR) is 176 cm³/mol. The number of nitrogens with zero attached hydrogens (tertiary/aromatic N) is 3. The van der Waals surface area contributed by atoms with Crippen LogP contribution in [0.5, 0.6) is 0 Å². The molecule has 0 fully saturated rings. The van der Waals surface area contributed by atoms with Gasteiger partial charge in [0.2, 0.25) is 0 Å². The van der Waals surface area contributed by atoms with E-state index in [0.717, 1.165) is 71.7 Å². The SMILES string of the molecule is c1ccc(-c2nc(-c3ccccc3)nc(-c3ccc4c(c3)oc3cc(-c5ccc6c(c5)oc5ccccc56)ccc34)n2)cc1. The van der Waals surface area contributed by atoms with Gasteiger partial charge in [-0.3, -0.25) is 0 Å². The second-order valence-electron chi connectivity index (χ2n) is 10.9. The van der Waals surface area contributed by atoms with Gasteiger partial charge in [0.1, 0.15) is 22.3 Å². The molecule has 0 N–H and O–H groups in total. The summed E-state index contributed by atoms with van der Waals surface area (Å²) < 4.78 is 12.6. The molecule has 0 aliphatic rings. The molecule has 3 heterocycles. The molecule has 9 aromatic rings. The monoisotopic (exact) mass is 565 g/mol. The van der Waals surface area contributed by atoms with Crippen molar-refractivity contribution in [2.45, 2.75) is 0 Å². The summed E-state index contributed by atoms with van der Waals surface area (Å²) >= 11 is 0. The highest BCUT2D eigenvalue weighted by Crippen LogP contribution is 2.36. The van der Waals surface area contributed by atoms with Crippen LogP contribution in [-0.2, 0) is 0 Å². The first-order valence-electron chi connectivity index (χ1n) is 14.5. The van der Waals surface area contributed by atoms with E-state index < -0.39 is 0 Å². The fraction of sp³-hybridized carbons (Fsp3) is 0. The first-order chi connectivity index (χ1) is 21.8. The maximum atomic E-state index is 6.45. The smallest absolute Gasteiger partial charge is 0.164 e. The summed E-state index contributed by atoms with van der Waals surface area (Å²) in [6.07, 6.45) is 0. The Bertz CT molecular complexity index is 2440. The number of benzene rings is 6. The van der Waals surface area contributed by atoms with Gasteiger partial charge in [-0.2, -0.15) is 0 Å². The standard InChI is InChI=1S/C39H23N3O2/c1-3-9-24(10-4-1)37-40-38(25-11-5-2-6-12-25)42-39(41-37)28-17-20-32-31-19-16-27(22-35(31)44-36(32)23-28)26-15-18-30-29-13-7-8-14-33(29)43-34(30)21-26/h1-23H. The third-order valence-electron chi connectivity index (χ3n) is 8.14. The molecule has 44 heavy (non-hydrogen) atoms. The van der Waals surface area contributed by atoms with E-state index in [2.05, 4.69) is 54.6 Å². The molecule has 0 spiro atoms. The lowest BCUT2D eigenvalue weighted by Gasteiger charge is -2.08. The normalized spacial score (nSPS) is 11.6. The third kappa shape index (κ3) is 4.06. The fourth-order valence-corrected chi connectivity index (χ4v) is 5.94. The average Bonchev–Trinajstić information content (AvgIpc) is 3.65. The Morgan fingerprint density at radius 1 is 0.295 bits per heavy atom. The molecular weight excluding hydrogens is 542 g/mol. The number of furan rings is 2. The van der Waals surface area contributed by atoms with Crippen LogP contribution in [0.25, 0.3) is 89.2 Å². The Morgan fingerprint density at radius 3 is 1.23 bits per heavy atom. The minimum atomic E-state index is 0.597. The lowest BCUT2D eigenvalue weighted by Crippen LogP contribution is -2.00. The molecule has 206 valence electrons. The van der Waals surface area contributed by atoms with Gasteiger partial charge in [-0.05, 0) is 53.6 Å². The summed E-state index contributed by atoms with van der Waals surface area (Å²) in [7, 11) is 0. The fourth-order valence-electron chi connectivity index (χ4n) is 5.94. The molecule has 0 unspecified atom stereocenters. The van der Waals surface area contributed by atoms with Crippen molar-refractivity contribution in [1.29, 1.82) is 0 Å². The van der Waals surface area contributed by atoms with E-state index in [0.29, 0.717) is 17.5 Å². The molecule has 0 saturated carbocycles. The van der Waals surface area contributed by atoms with Crippen molar-refractivity contribution in [1.82, 2.24) is 15.0 Å². The third-order valence-corrected chi connectivity index (χ3v) is 8.14. The van der Waals surface area contributed by atoms with Crippen LogP contribution >= 0.6 is 0 Å². The van der Waals surface area contributed by atoms with Crippen LogP contribution in [0, 0.1) is 0 Å². The molecule has 6 aromatic carbocycles. The van der Waals surface area contributed by atoms with Crippen LogP contribution in [0.4, 0.5) is 0 Å². The molecule has 3 aromatic heterocycles. The minimum absolute atomic E-state index is 0.597. The number of hydrogen-bond donors (Lipinski definition) is 0. The molecule has 0 amide bonds. The van der Waals surface area contributed by atoms with Gasteiger partial charge in [0.15, 0.2) is 17.5 Å². The van der Waals surface area contributed by atoms with E-state index in [1.165, 1.54) is 0 Å². The van der Waals surface area contributed by atoms with Crippen LogP contribution in [0.1, 0.15) is 0 Å². The highest BCUT2D eigenvalue weighted by Gasteiger charge is 2.15. The van der Waals surface area contributed by atoms with Gasteiger partial charge in [-0.15, -0.1) is 0 Å². The number of rotatable bonds is 4. The highest BCUT2D eigenvalue weighted by atomic mass is 16.3. The summed E-state index contributed by atoms with van der Waals surface area (Å²) in [6, 6.07) is 47.0. The maximum Gasteiger partial charge on any atom is 0.164 e. The van der Waals surface area contributed by atoms with E-state index in [-0.39, 0.29) is 0 Å². The molecule has 0 saturated heterocycles. The molecule has 0 aliphatic heterocycles. The van der Waals surface area contributed by atoms with Gasteiger partial charge in [0.25, 0.3) is 0 Å². The topological polar surface area (TPSA) is 65.0 Å². The van der Waals surface area contributed by atoms with Gasteiger partial charge in [0.05, 0.1) is 0 Å². The zero-order chi connectivity index (χ0) is 29.0. The average molecular weight is 566 g/mol. The van der Waals surface area contributed by atoms with Crippen LogP contribution in [-0.4, -0.2) is 15.0 Å². The zero-order valence-corrected chi connectivity index (χ0v) is 23.4. The van der Waals surface area contributed by atoms with Crippen LogP contribution < -0.4 is 0 Å². The van der Waals surface area contributed by atoms with Gasteiger partial charge in [-0.25, -0.2) is 15.0 Å². The van der Waals surface area contributed by atoms with E-state index in [9.17, 15) is 0 Å². The van der Waals surface area contributed by atoms with Crippen LogP contribution in [0.3, 0.4) is 0 Å². The van der Waals surface area contributed by atoms with E-state index >= 15 is 0 Å². The molecule has 0 atom stereocenters. The number of para-hydroxylation sites is 1.